The highest BCUT2D eigenvalue weighted by molar-refractivity contribution is 6.30. The van der Waals surface area contributed by atoms with E-state index in [1.807, 2.05) is 0 Å². The van der Waals surface area contributed by atoms with Gasteiger partial charge in [0, 0.05) is 10.6 Å². The second-order valence-electron chi connectivity index (χ2n) is 6.27. The number of halogens is 1. The first kappa shape index (κ1) is 17.3. The Labute approximate surface area is 167 Å². The zero-order chi connectivity index (χ0) is 20.1. The largest absolute Gasteiger partial charge is 0.454 e. The van der Waals surface area contributed by atoms with E-state index >= 15 is 0 Å². The summed E-state index contributed by atoms with van der Waals surface area (Å²) in [5.74, 6) is 1.41. The van der Waals surface area contributed by atoms with Crippen molar-refractivity contribution in [3.63, 3.8) is 0 Å². The van der Waals surface area contributed by atoms with Crippen LogP contribution >= 0.6 is 11.6 Å². The number of fused-ring (bicyclic) bond motifs is 2. The highest BCUT2D eigenvalue weighted by Gasteiger charge is 2.18. The summed E-state index contributed by atoms with van der Waals surface area (Å²) in [6, 6.07) is 11.6. The Balaban J connectivity index is 1.74. The van der Waals surface area contributed by atoms with Gasteiger partial charge in [-0.2, -0.15) is 4.98 Å². The lowest BCUT2D eigenvalue weighted by Gasteiger charge is -2.11. The van der Waals surface area contributed by atoms with Gasteiger partial charge in [0.15, 0.2) is 17.0 Å². The second kappa shape index (κ2) is 6.35. The van der Waals surface area contributed by atoms with E-state index in [2.05, 4.69) is 15.0 Å². The van der Waals surface area contributed by atoms with Crippen LogP contribution in [0, 0.1) is 0 Å². The molecule has 5 rings (SSSR count). The van der Waals surface area contributed by atoms with Gasteiger partial charge in [-0.25, -0.2) is 14.3 Å². The molecule has 2 aromatic carbocycles. The molecule has 10 heteroatoms. The van der Waals surface area contributed by atoms with Crippen LogP contribution in [-0.2, 0) is 0 Å². The highest BCUT2D eigenvalue weighted by atomic mass is 35.5. The van der Waals surface area contributed by atoms with Crippen LogP contribution in [0.5, 0.6) is 11.5 Å². The monoisotopic (exact) mass is 409 g/mol. The van der Waals surface area contributed by atoms with Gasteiger partial charge in [-0.15, -0.1) is 0 Å². The first-order chi connectivity index (χ1) is 14.0. The molecular formula is C19H12ClN5O4. The van der Waals surface area contributed by atoms with Gasteiger partial charge in [0.25, 0.3) is 5.56 Å². The third-order valence-electron chi connectivity index (χ3n) is 4.51. The van der Waals surface area contributed by atoms with Crippen molar-refractivity contribution in [2.75, 3.05) is 12.5 Å². The molecule has 0 spiro atoms. The predicted octanol–water partition coefficient (Wildman–Crippen LogP) is 2.10. The fraction of sp³-hybridized carbons (Fsp3) is 0.0526. The molecule has 0 fully saturated rings. The predicted molar refractivity (Wildman–Crippen MR) is 107 cm³/mol. The van der Waals surface area contributed by atoms with Crippen LogP contribution in [0.2, 0.25) is 5.02 Å². The van der Waals surface area contributed by atoms with Crippen LogP contribution in [0.4, 0.5) is 5.82 Å². The van der Waals surface area contributed by atoms with E-state index in [-0.39, 0.29) is 29.5 Å². The molecule has 1 aliphatic rings. The third-order valence-corrected chi connectivity index (χ3v) is 4.76. The minimum atomic E-state index is -0.694. The number of hydrogen-bond donors (Lipinski definition) is 2. The Morgan fingerprint density at radius 3 is 2.55 bits per heavy atom. The van der Waals surface area contributed by atoms with E-state index in [4.69, 9.17) is 26.8 Å². The van der Waals surface area contributed by atoms with Crippen molar-refractivity contribution in [3.05, 3.63) is 68.3 Å². The summed E-state index contributed by atoms with van der Waals surface area (Å²) >= 11 is 5.91. The minimum Gasteiger partial charge on any atom is -0.454 e. The van der Waals surface area contributed by atoms with Gasteiger partial charge in [-0.3, -0.25) is 4.79 Å². The number of aromatic nitrogens is 4. The van der Waals surface area contributed by atoms with E-state index < -0.39 is 11.2 Å². The van der Waals surface area contributed by atoms with Crippen LogP contribution in [0.3, 0.4) is 0 Å². The van der Waals surface area contributed by atoms with Crippen LogP contribution in [0.1, 0.15) is 0 Å². The smallest absolute Gasteiger partial charge is 0.354 e. The summed E-state index contributed by atoms with van der Waals surface area (Å²) in [5, 5.41) is 0.508. The van der Waals surface area contributed by atoms with Crippen molar-refractivity contribution in [2.45, 2.75) is 0 Å². The summed E-state index contributed by atoms with van der Waals surface area (Å²) < 4.78 is 11.8. The number of nitrogen functional groups attached to an aromatic ring is 1. The molecule has 9 nitrogen and oxygen atoms in total. The Morgan fingerprint density at radius 2 is 1.76 bits per heavy atom. The van der Waals surface area contributed by atoms with Crippen molar-refractivity contribution in [3.8, 4) is 28.6 Å². The summed E-state index contributed by atoms with van der Waals surface area (Å²) in [4.78, 5) is 36.0. The Hall–Kier alpha value is -3.85. The molecule has 3 N–H and O–H groups in total. The van der Waals surface area contributed by atoms with Crippen molar-refractivity contribution in [1.82, 2.24) is 19.5 Å². The normalized spacial score (nSPS) is 12.4. The number of nitrogens with zero attached hydrogens (tertiary/aromatic N) is 3. The molecule has 0 saturated carbocycles. The quantitative estimate of drug-likeness (QED) is 0.519. The molecule has 0 saturated heterocycles. The second-order valence-corrected chi connectivity index (χ2v) is 6.71. The molecule has 3 heterocycles. The molecule has 0 atom stereocenters. The standard InChI is InChI=1S/C19H12ClN5O4/c20-10-2-4-11(5-3-10)25-16(21)14-15(23-19(25)27)18(26)24-17(22-14)9-1-6-12-13(7-9)29-8-28-12/h1-7H,8,21H2,(H,22,24,26). The summed E-state index contributed by atoms with van der Waals surface area (Å²) in [6.45, 7) is 0.130. The SMILES string of the molecule is Nc1c2nc(-c3ccc4c(c3)OCO4)[nH]c(=O)c2nc(=O)n1-c1ccc(Cl)cc1. The number of ether oxygens (including phenoxy) is 2. The van der Waals surface area contributed by atoms with Crippen LogP contribution in [-0.4, -0.2) is 26.3 Å². The fourth-order valence-corrected chi connectivity index (χ4v) is 3.25. The molecule has 0 amide bonds. The molecule has 0 unspecified atom stereocenters. The number of anilines is 1. The van der Waals surface area contributed by atoms with Crippen LogP contribution in [0.25, 0.3) is 28.1 Å². The molecule has 0 bridgehead atoms. The average Bonchev–Trinajstić information content (AvgIpc) is 3.18. The summed E-state index contributed by atoms with van der Waals surface area (Å²) in [7, 11) is 0. The number of H-pyrrole nitrogens is 1. The van der Waals surface area contributed by atoms with E-state index in [1.54, 1.807) is 42.5 Å². The molecule has 4 aromatic rings. The Bertz CT molecular complexity index is 1400. The van der Waals surface area contributed by atoms with Gasteiger partial charge < -0.3 is 20.2 Å². The summed E-state index contributed by atoms with van der Waals surface area (Å²) in [5.41, 5.74) is 5.98. The van der Waals surface area contributed by atoms with Gasteiger partial charge in [0.2, 0.25) is 6.79 Å². The summed E-state index contributed by atoms with van der Waals surface area (Å²) in [6.07, 6.45) is 0. The van der Waals surface area contributed by atoms with E-state index in [9.17, 15) is 9.59 Å². The maximum absolute atomic E-state index is 12.6. The van der Waals surface area contributed by atoms with Gasteiger partial charge in [0.05, 0.1) is 5.69 Å². The molecule has 144 valence electrons. The zero-order valence-corrected chi connectivity index (χ0v) is 15.4. The number of hydrogen-bond acceptors (Lipinski definition) is 7. The average molecular weight is 410 g/mol. The van der Waals surface area contributed by atoms with Gasteiger partial charge >= 0.3 is 5.69 Å². The molecule has 29 heavy (non-hydrogen) atoms. The number of rotatable bonds is 2. The van der Waals surface area contributed by atoms with Gasteiger partial charge in [-0.1, -0.05) is 11.6 Å². The minimum absolute atomic E-state index is 0.00424. The third kappa shape index (κ3) is 2.79. The first-order valence-electron chi connectivity index (χ1n) is 8.50. The van der Waals surface area contributed by atoms with Gasteiger partial charge in [0.1, 0.15) is 17.2 Å². The highest BCUT2D eigenvalue weighted by Crippen LogP contribution is 2.35. The number of benzene rings is 2. The molecule has 0 radical (unpaired) electrons. The Morgan fingerprint density at radius 1 is 1.00 bits per heavy atom. The van der Waals surface area contributed by atoms with Crippen molar-refractivity contribution < 1.29 is 9.47 Å². The molecule has 0 aliphatic carbocycles. The fourth-order valence-electron chi connectivity index (χ4n) is 3.12. The lowest BCUT2D eigenvalue weighted by molar-refractivity contribution is 0.174. The van der Waals surface area contributed by atoms with E-state index in [0.717, 1.165) is 0 Å². The lowest BCUT2D eigenvalue weighted by Crippen LogP contribution is -2.27. The topological polar surface area (TPSA) is 125 Å². The van der Waals surface area contributed by atoms with Crippen molar-refractivity contribution in [1.29, 1.82) is 0 Å². The number of nitrogens with two attached hydrogens (primary N) is 1. The number of aromatic amines is 1. The lowest BCUT2D eigenvalue weighted by atomic mass is 10.2. The molecule has 2 aromatic heterocycles. The van der Waals surface area contributed by atoms with E-state index in [0.29, 0.717) is 27.8 Å². The van der Waals surface area contributed by atoms with Crippen LogP contribution in [0.15, 0.2) is 52.1 Å². The molecular weight excluding hydrogens is 398 g/mol. The Kier molecular flexibility index (Phi) is 3.78. The van der Waals surface area contributed by atoms with Crippen LogP contribution < -0.4 is 26.5 Å². The zero-order valence-electron chi connectivity index (χ0n) is 14.7. The van der Waals surface area contributed by atoms with Gasteiger partial charge in [-0.05, 0) is 42.5 Å². The van der Waals surface area contributed by atoms with Crippen molar-refractivity contribution >= 4 is 28.5 Å². The maximum Gasteiger partial charge on any atom is 0.354 e. The van der Waals surface area contributed by atoms with E-state index in [1.165, 1.54) is 4.57 Å². The van der Waals surface area contributed by atoms with Crippen molar-refractivity contribution in [2.24, 2.45) is 0 Å². The molecule has 1 aliphatic heterocycles. The number of nitrogens with one attached hydrogen (secondary N) is 1. The first-order valence-corrected chi connectivity index (χ1v) is 8.87. The maximum atomic E-state index is 12.6.